The number of β-amino-alcohol motifs (C(OH)–C–C–N with tert-alkyl or cyclic N) is 1. The Hall–Kier alpha value is -2.45. The molecule has 3 heterocycles. The molecule has 32 heavy (non-hydrogen) atoms. The molecule has 5 atom stereocenters. The molecule has 174 valence electrons. The van der Waals surface area contributed by atoms with Crippen LogP contribution >= 0.6 is 0 Å². The fourth-order valence-electron chi connectivity index (χ4n) is 6.04. The maximum atomic E-state index is 13.7. The van der Waals surface area contributed by atoms with Crippen molar-refractivity contribution in [2.75, 3.05) is 25.0 Å². The van der Waals surface area contributed by atoms with Gasteiger partial charge in [0.2, 0.25) is 17.7 Å². The zero-order chi connectivity index (χ0) is 23.3. The number of aryl methyl sites for hydroxylation is 2. The van der Waals surface area contributed by atoms with E-state index in [2.05, 4.69) is 10.6 Å². The van der Waals surface area contributed by atoms with Crippen molar-refractivity contribution < 1.29 is 24.2 Å². The van der Waals surface area contributed by atoms with Gasteiger partial charge in [-0.25, -0.2) is 0 Å². The topological polar surface area (TPSA) is 108 Å². The number of para-hydroxylation sites is 1. The number of hydrogen-bond acceptors (Lipinski definition) is 5. The average molecular weight is 444 g/mol. The van der Waals surface area contributed by atoms with Gasteiger partial charge in [0, 0.05) is 18.8 Å². The molecule has 0 radical (unpaired) electrons. The molecule has 1 aromatic carbocycles. The minimum atomic E-state index is -1.07. The number of aliphatic hydroxyl groups excluding tert-OH is 1. The van der Waals surface area contributed by atoms with Gasteiger partial charge in [-0.05, 0) is 51.2 Å². The van der Waals surface area contributed by atoms with Crippen molar-refractivity contribution in [3.05, 3.63) is 29.3 Å². The number of rotatable bonds is 7. The zero-order valence-electron chi connectivity index (χ0n) is 19.2. The molecule has 4 rings (SSSR count). The average Bonchev–Trinajstić information content (AvgIpc) is 3.30. The predicted molar refractivity (Wildman–Crippen MR) is 119 cm³/mol. The lowest BCUT2D eigenvalue weighted by Gasteiger charge is -2.33. The van der Waals surface area contributed by atoms with Crippen molar-refractivity contribution >= 4 is 23.4 Å². The summed E-state index contributed by atoms with van der Waals surface area (Å²) >= 11 is 0. The third-order valence-electron chi connectivity index (χ3n) is 7.43. The van der Waals surface area contributed by atoms with Gasteiger partial charge in [0.05, 0.1) is 24.0 Å². The Morgan fingerprint density at radius 2 is 1.91 bits per heavy atom. The number of amides is 3. The third kappa shape index (κ3) is 3.23. The van der Waals surface area contributed by atoms with Crippen LogP contribution < -0.4 is 10.6 Å². The minimum Gasteiger partial charge on any atom is -0.395 e. The van der Waals surface area contributed by atoms with E-state index < -0.39 is 29.1 Å². The van der Waals surface area contributed by atoms with E-state index >= 15 is 0 Å². The Bertz CT molecular complexity index is 929. The van der Waals surface area contributed by atoms with Gasteiger partial charge in [0.15, 0.2) is 0 Å². The summed E-state index contributed by atoms with van der Waals surface area (Å²) in [6, 6.07) is 4.86. The quantitative estimate of drug-likeness (QED) is 0.592. The van der Waals surface area contributed by atoms with E-state index in [9.17, 15) is 19.5 Å². The van der Waals surface area contributed by atoms with E-state index in [-0.39, 0.29) is 30.9 Å². The van der Waals surface area contributed by atoms with Crippen molar-refractivity contribution in [1.82, 2.24) is 10.2 Å². The molecule has 3 aliphatic rings. The summed E-state index contributed by atoms with van der Waals surface area (Å²) in [5.41, 5.74) is 0.692. The lowest BCUT2D eigenvalue weighted by Crippen LogP contribution is -2.54. The molecule has 3 fully saturated rings. The Balaban J connectivity index is 1.72. The number of aliphatic hydroxyl groups is 1. The van der Waals surface area contributed by atoms with Crippen LogP contribution in [0.4, 0.5) is 5.69 Å². The maximum absolute atomic E-state index is 13.7. The smallest absolute Gasteiger partial charge is 0.250 e. The van der Waals surface area contributed by atoms with E-state index in [4.69, 9.17) is 4.74 Å². The van der Waals surface area contributed by atoms with Crippen LogP contribution in [-0.2, 0) is 19.1 Å². The van der Waals surface area contributed by atoms with E-state index in [1.165, 1.54) is 4.90 Å². The number of likely N-dealkylation sites (tertiary alicyclic amines) is 1. The number of carbonyl (C=O) groups excluding carboxylic acids is 3. The first-order valence-corrected chi connectivity index (χ1v) is 11.5. The first-order chi connectivity index (χ1) is 15.2. The Labute approximate surface area is 188 Å². The lowest BCUT2D eigenvalue weighted by molar-refractivity contribution is -0.145. The van der Waals surface area contributed by atoms with Gasteiger partial charge >= 0.3 is 0 Å². The molecule has 1 aromatic rings. The summed E-state index contributed by atoms with van der Waals surface area (Å²) in [5, 5.41) is 15.6. The molecule has 3 saturated heterocycles. The van der Waals surface area contributed by atoms with Crippen LogP contribution in [0.1, 0.15) is 44.2 Å². The molecule has 0 aliphatic carbocycles. The highest BCUT2D eigenvalue weighted by atomic mass is 16.5. The Morgan fingerprint density at radius 3 is 2.53 bits per heavy atom. The highest BCUT2D eigenvalue weighted by Gasteiger charge is 2.77. The summed E-state index contributed by atoms with van der Waals surface area (Å²) in [4.78, 5) is 41.7. The van der Waals surface area contributed by atoms with E-state index in [1.54, 1.807) is 0 Å². The largest absolute Gasteiger partial charge is 0.395 e. The monoisotopic (exact) mass is 443 g/mol. The van der Waals surface area contributed by atoms with Crippen LogP contribution in [0.2, 0.25) is 0 Å². The second-order valence-electron chi connectivity index (χ2n) is 9.53. The first-order valence-electron chi connectivity index (χ1n) is 11.5. The van der Waals surface area contributed by atoms with Gasteiger partial charge in [-0.3, -0.25) is 14.4 Å². The molecule has 3 aliphatic heterocycles. The van der Waals surface area contributed by atoms with Gasteiger partial charge < -0.3 is 25.4 Å². The second kappa shape index (κ2) is 8.15. The second-order valence-corrected chi connectivity index (χ2v) is 9.53. The van der Waals surface area contributed by atoms with Gasteiger partial charge in [0.25, 0.3) is 0 Å². The van der Waals surface area contributed by atoms with Gasteiger partial charge in [-0.2, -0.15) is 0 Å². The summed E-state index contributed by atoms with van der Waals surface area (Å²) < 4.78 is 6.50. The number of ether oxygens (including phenoxy) is 1. The summed E-state index contributed by atoms with van der Waals surface area (Å²) in [6.07, 6.45) is 1.91. The molecule has 8 nitrogen and oxygen atoms in total. The molecule has 1 spiro atoms. The van der Waals surface area contributed by atoms with Crippen molar-refractivity contribution in [3.8, 4) is 0 Å². The van der Waals surface area contributed by atoms with Crippen LogP contribution in [0.15, 0.2) is 18.2 Å². The van der Waals surface area contributed by atoms with Crippen molar-refractivity contribution in [2.45, 2.75) is 64.2 Å². The normalized spacial score (nSPS) is 32.8. The Kier molecular flexibility index (Phi) is 5.79. The summed E-state index contributed by atoms with van der Waals surface area (Å²) in [5.74, 6) is -2.23. The number of benzene rings is 1. The molecule has 3 N–H and O–H groups in total. The molecule has 2 unspecified atom stereocenters. The SMILES string of the molecule is CCCNC(=O)[C@@H]1[C@H]2C(=O)N(CCO)C(C(=O)Nc3c(C)cccc3C)C23CC[C@@]1(C)O3. The highest BCUT2D eigenvalue weighted by molar-refractivity contribution is 6.04. The maximum Gasteiger partial charge on any atom is 0.250 e. The van der Waals surface area contributed by atoms with Gasteiger partial charge in [-0.15, -0.1) is 0 Å². The number of nitrogens with zero attached hydrogens (tertiary/aromatic N) is 1. The molecule has 2 bridgehead atoms. The van der Waals surface area contributed by atoms with Crippen molar-refractivity contribution in [2.24, 2.45) is 11.8 Å². The summed E-state index contributed by atoms with van der Waals surface area (Å²) in [6.45, 7) is 7.95. The minimum absolute atomic E-state index is 0.0191. The Morgan fingerprint density at radius 1 is 1.22 bits per heavy atom. The molecule has 0 saturated carbocycles. The fourth-order valence-corrected chi connectivity index (χ4v) is 6.04. The van der Waals surface area contributed by atoms with Crippen LogP contribution in [0.25, 0.3) is 0 Å². The lowest BCUT2D eigenvalue weighted by atomic mass is 9.66. The highest BCUT2D eigenvalue weighted by Crippen LogP contribution is 2.63. The predicted octanol–water partition coefficient (Wildman–Crippen LogP) is 1.53. The molecular weight excluding hydrogens is 410 g/mol. The summed E-state index contributed by atoms with van der Waals surface area (Å²) in [7, 11) is 0. The fraction of sp³-hybridized carbons (Fsp3) is 0.625. The van der Waals surface area contributed by atoms with Gasteiger partial charge in [0.1, 0.15) is 11.6 Å². The molecule has 3 amide bonds. The molecular formula is C24H33N3O5. The number of hydrogen-bond donors (Lipinski definition) is 3. The number of nitrogens with one attached hydrogen (secondary N) is 2. The zero-order valence-corrected chi connectivity index (χ0v) is 19.2. The third-order valence-corrected chi connectivity index (χ3v) is 7.43. The van der Waals surface area contributed by atoms with E-state index in [1.807, 2.05) is 45.9 Å². The standard InChI is InChI=1S/C24H33N3O5/c1-5-11-25-20(29)16-17-22(31)27(12-13-28)19(24(17)10-9-23(16,4)32-24)21(30)26-18-14(2)7-6-8-15(18)3/h6-8,16-17,19,28H,5,9-13H2,1-4H3,(H,25,29)(H,26,30)/t16-,17-,19?,23+,24?/m0/s1. The number of carbonyl (C=O) groups is 3. The number of fused-ring (bicyclic) bond motifs is 1. The van der Waals surface area contributed by atoms with Gasteiger partial charge in [-0.1, -0.05) is 25.1 Å². The van der Waals surface area contributed by atoms with E-state index in [0.717, 1.165) is 17.5 Å². The van der Waals surface area contributed by atoms with Crippen LogP contribution in [0.3, 0.4) is 0 Å². The molecule has 0 aromatic heterocycles. The van der Waals surface area contributed by atoms with Crippen molar-refractivity contribution in [1.29, 1.82) is 0 Å². The van der Waals surface area contributed by atoms with Crippen LogP contribution in [0, 0.1) is 25.7 Å². The van der Waals surface area contributed by atoms with E-state index in [0.29, 0.717) is 25.1 Å². The van der Waals surface area contributed by atoms with Crippen LogP contribution in [0.5, 0.6) is 0 Å². The van der Waals surface area contributed by atoms with Crippen molar-refractivity contribution in [3.63, 3.8) is 0 Å². The number of anilines is 1. The molecule has 8 heteroatoms. The van der Waals surface area contributed by atoms with Crippen LogP contribution in [-0.4, -0.2) is 64.7 Å². The first kappa shape index (κ1) is 22.7.